The Balaban J connectivity index is 1.61. The number of aliphatic hydroxyl groups is 1. The van der Waals surface area contributed by atoms with Gasteiger partial charge in [0.05, 0.1) is 6.10 Å². The summed E-state index contributed by atoms with van der Waals surface area (Å²) >= 11 is 0. The van der Waals surface area contributed by atoms with Gasteiger partial charge in [0.1, 0.15) is 0 Å². The summed E-state index contributed by atoms with van der Waals surface area (Å²) in [6, 6.07) is 0. The Hall–Kier alpha value is -0.570. The lowest BCUT2D eigenvalue weighted by atomic mass is 9.79. The molecule has 2 aliphatic rings. The summed E-state index contributed by atoms with van der Waals surface area (Å²) in [6.45, 7) is 2.13. The smallest absolute Gasteiger partial charge is 0.220 e. The zero-order valence-corrected chi connectivity index (χ0v) is 9.46. The molecule has 2 N–H and O–H groups in total. The molecule has 0 saturated heterocycles. The molecular formula is C12H21NO2. The molecule has 0 atom stereocenters. The maximum Gasteiger partial charge on any atom is 0.220 e. The van der Waals surface area contributed by atoms with Crippen LogP contribution in [0.5, 0.6) is 0 Å². The average Bonchev–Trinajstić information content (AvgIpc) is 2.91. The van der Waals surface area contributed by atoms with Gasteiger partial charge in [-0.05, 0) is 44.4 Å². The molecule has 0 aromatic rings. The van der Waals surface area contributed by atoms with E-state index < -0.39 is 0 Å². The van der Waals surface area contributed by atoms with Gasteiger partial charge in [-0.1, -0.05) is 6.92 Å². The monoisotopic (exact) mass is 211 g/mol. The minimum absolute atomic E-state index is 0.0940. The van der Waals surface area contributed by atoms with E-state index in [1.807, 2.05) is 0 Å². The van der Waals surface area contributed by atoms with Crippen molar-refractivity contribution in [1.29, 1.82) is 0 Å². The molecule has 0 aromatic heterocycles. The third-order valence-electron chi connectivity index (χ3n) is 3.93. The van der Waals surface area contributed by atoms with Gasteiger partial charge in [0.2, 0.25) is 5.91 Å². The van der Waals surface area contributed by atoms with Crippen LogP contribution in [0.2, 0.25) is 0 Å². The summed E-state index contributed by atoms with van der Waals surface area (Å²) in [4.78, 5) is 11.6. The van der Waals surface area contributed by atoms with Crippen molar-refractivity contribution in [3.8, 4) is 0 Å². The second kappa shape index (κ2) is 4.12. The maximum absolute atomic E-state index is 11.6. The number of carbonyl (C=O) groups excluding carboxylic acids is 1. The summed E-state index contributed by atoms with van der Waals surface area (Å²) in [5.74, 6) is 0.790. The molecule has 0 aromatic carbocycles. The van der Waals surface area contributed by atoms with Crippen molar-refractivity contribution in [2.45, 2.75) is 63.5 Å². The van der Waals surface area contributed by atoms with Crippen LogP contribution in [0, 0.1) is 5.92 Å². The molecular weight excluding hydrogens is 190 g/mol. The Bertz CT molecular complexity index is 242. The summed E-state index contributed by atoms with van der Waals surface area (Å²) in [5, 5.41) is 12.2. The van der Waals surface area contributed by atoms with Crippen LogP contribution in [0.15, 0.2) is 0 Å². The van der Waals surface area contributed by atoms with Gasteiger partial charge in [-0.3, -0.25) is 4.79 Å². The van der Waals surface area contributed by atoms with E-state index in [0.29, 0.717) is 12.3 Å². The number of aliphatic hydroxyl groups excluding tert-OH is 1. The third kappa shape index (κ3) is 2.71. The lowest BCUT2D eigenvalue weighted by Gasteiger charge is -2.31. The number of carbonyl (C=O) groups is 1. The fourth-order valence-corrected chi connectivity index (χ4v) is 2.35. The van der Waals surface area contributed by atoms with Gasteiger partial charge in [-0.2, -0.15) is 0 Å². The van der Waals surface area contributed by atoms with Crippen molar-refractivity contribution >= 4 is 5.91 Å². The molecule has 0 aliphatic heterocycles. The molecule has 0 unspecified atom stereocenters. The zero-order valence-electron chi connectivity index (χ0n) is 9.46. The lowest BCUT2D eigenvalue weighted by Crippen LogP contribution is -2.37. The van der Waals surface area contributed by atoms with Gasteiger partial charge >= 0.3 is 0 Å². The van der Waals surface area contributed by atoms with Gasteiger partial charge in [0, 0.05) is 12.0 Å². The van der Waals surface area contributed by atoms with Crippen molar-refractivity contribution in [1.82, 2.24) is 5.32 Å². The van der Waals surface area contributed by atoms with Crippen LogP contribution in [0.25, 0.3) is 0 Å². The predicted octanol–water partition coefficient (Wildman–Crippen LogP) is 1.60. The molecule has 1 amide bonds. The van der Waals surface area contributed by atoms with Crippen LogP contribution in [0.1, 0.15) is 51.9 Å². The Kier molecular flexibility index (Phi) is 3.01. The highest BCUT2D eigenvalue weighted by atomic mass is 16.3. The highest BCUT2D eigenvalue weighted by Gasteiger charge is 2.41. The number of amides is 1. The predicted molar refractivity (Wildman–Crippen MR) is 58.4 cm³/mol. The van der Waals surface area contributed by atoms with E-state index in [-0.39, 0.29) is 17.6 Å². The Labute approximate surface area is 91.2 Å². The van der Waals surface area contributed by atoms with E-state index in [4.69, 9.17) is 5.11 Å². The molecule has 0 bridgehead atoms. The van der Waals surface area contributed by atoms with Crippen molar-refractivity contribution in [3.05, 3.63) is 0 Å². The molecule has 2 saturated carbocycles. The van der Waals surface area contributed by atoms with Gasteiger partial charge in [0.15, 0.2) is 0 Å². The SMILES string of the molecule is CCC1(NC(=O)CCC2CC(O)C2)CC1. The van der Waals surface area contributed by atoms with E-state index >= 15 is 0 Å². The first kappa shape index (κ1) is 10.9. The van der Waals surface area contributed by atoms with E-state index in [2.05, 4.69) is 12.2 Å². The van der Waals surface area contributed by atoms with Crippen molar-refractivity contribution in [3.63, 3.8) is 0 Å². The van der Waals surface area contributed by atoms with Gasteiger partial charge in [-0.25, -0.2) is 0 Å². The fourth-order valence-electron chi connectivity index (χ4n) is 2.35. The second-order valence-electron chi connectivity index (χ2n) is 5.21. The van der Waals surface area contributed by atoms with Crippen LogP contribution in [0.4, 0.5) is 0 Å². The summed E-state index contributed by atoms with van der Waals surface area (Å²) in [7, 11) is 0. The van der Waals surface area contributed by atoms with Crippen LogP contribution in [0.3, 0.4) is 0 Å². The molecule has 0 heterocycles. The van der Waals surface area contributed by atoms with Gasteiger partial charge < -0.3 is 10.4 Å². The quantitative estimate of drug-likeness (QED) is 0.725. The molecule has 0 radical (unpaired) electrons. The van der Waals surface area contributed by atoms with Gasteiger partial charge in [0.25, 0.3) is 0 Å². The van der Waals surface area contributed by atoms with Crippen molar-refractivity contribution in [2.75, 3.05) is 0 Å². The number of hydrogen-bond acceptors (Lipinski definition) is 2. The summed E-state index contributed by atoms with van der Waals surface area (Å²) < 4.78 is 0. The van der Waals surface area contributed by atoms with E-state index in [1.54, 1.807) is 0 Å². The summed E-state index contributed by atoms with van der Waals surface area (Å²) in [6.07, 6.45) is 6.64. The highest BCUT2D eigenvalue weighted by molar-refractivity contribution is 5.77. The Morgan fingerprint density at radius 3 is 2.60 bits per heavy atom. The fraction of sp³-hybridized carbons (Fsp3) is 0.917. The van der Waals surface area contributed by atoms with Crippen molar-refractivity contribution in [2.24, 2.45) is 5.92 Å². The number of rotatable bonds is 5. The second-order valence-corrected chi connectivity index (χ2v) is 5.21. The zero-order chi connectivity index (χ0) is 10.9. The first-order valence-corrected chi connectivity index (χ1v) is 6.12. The highest BCUT2D eigenvalue weighted by Crippen LogP contribution is 2.38. The minimum Gasteiger partial charge on any atom is -0.393 e. The van der Waals surface area contributed by atoms with E-state index in [9.17, 15) is 4.79 Å². The third-order valence-corrected chi connectivity index (χ3v) is 3.93. The Morgan fingerprint density at radius 2 is 2.13 bits per heavy atom. The Morgan fingerprint density at radius 1 is 1.47 bits per heavy atom. The normalized spacial score (nSPS) is 31.9. The molecule has 2 aliphatic carbocycles. The standard InChI is InChI=1S/C12H21NO2/c1-2-12(5-6-12)13-11(15)4-3-9-7-10(14)8-9/h9-10,14H,2-8H2,1H3,(H,13,15). The number of hydrogen-bond donors (Lipinski definition) is 2. The molecule has 15 heavy (non-hydrogen) atoms. The van der Waals surface area contributed by atoms with Crippen molar-refractivity contribution < 1.29 is 9.90 Å². The van der Waals surface area contributed by atoms with Crippen LogP contribution >= 0.6 is 0 Å². The first-order valence-electron chi connectivity index (χ1n) is 6.12. The largest absolute Gasteiger partial charge is 0.393 e. The van der Waals surface area contributed by atoms with E-state index in [1.165, 1.54) is 0 Å². The first-order chi connectivity index (χ1) is 7.13. The lowest BCUT2D eigenvalue weighted by molar-refractivity contribution is -0.122. The van der Waals surface area contributed by atoms with Crippen LogP contribution in [-0.4, -0.2) is 22.7 Å². The molecule has 2 fully saturated rings. The summed E-state index contributed by atoms with van der Waals surface area (Å²) in [5.41, 5.74) is 0.163. The topological polar surface area (TPSA) is 49.3 Å². The molecule has 86 valence electrons. The molecule has 0 spiro atoms. The molecule has 2 rings (SSSR count). The van der Waals surface area contributed by atoms with Gasteiger partial charge in [-0.15, -0.1) is 0 Å². The number of nitrogens with one attached hydrogen (secondary N) is 1. The van der Waals surface area contributed by atoms with E-state index in [0.717, 1.165) is 38.5 Å². The maximum atomic E-state index is 11.6. The molecule has 3 nitrogen and oxygen atoms in total. The molecule has 3 heteroatoms. The average molecular weight is 211 g/mol. The van der Waals surface area contributed by atoms with Crippen LogP contribution < -0.4 is 5.32 Å². The van der Waals surface area contributed by atoms with Crippen LogP contribution in [-0.2, 0) is 4.79 Å². The minimum atomic E-state index is -0.0940.